The highest BCUT2D eigenvalue weighted by molar-refractivity contribution is 9.10. The summed E-state index contributed by atoms with van der Waals surface area (Å²) < 4.78 is 13.8. The van der Waals surface area contributed by atoms with E-state index in [1.165, 1.54) is 18.2 Å². The van der Waals surface area contributed by atoms with Gasteiger partial charge in [0.25, 0.3) is 0 Å². The van der Waals surface area contributed by atoms with E-state index in [1.807, 2.05) is 0 Å². The molecular weight excluding hydrogens is 401 g/mol. The first-order valence-corrected chi connectivity index (χ1v) is 8.23. The van der Waals surface area contributed by atoms with E-state index in [0.717, 1.165) is 0 Å². The monoisotopic (exact) mass is 413 g/mol. The summed E-state index contributed by atoms with van der Waals surface area (Å²) in [6.07, 6.45) is -0.0242. The van der Waals surface area contributed by atoms with Crippen molar-refractivity contribution in [1.29, 1.82) is 0 Å². The highest BCUT2D eigenvalue weighted by Crippen LogP contribution is 2.22. The van der Waals surface area contributed by atoms with Gasteiger partial charge in [-0.2, -0.15) is 0 Å². The molecule has 0 radical (unpaired) electrons. The fourth-order valence-electron chi connectivity index (χ4n) is 2.20. The molecule has 0 fully saturated rings. The molecule has 0 spiro atoms. The topological polar surface area (TPSA) is 66.4 Å². The Morgan fingerprint density at radius 1 is 1.25 bits per heavy atom. The van der Waals surface area contributed by atoms with Crippen LogP contribution in [0.5, 0.6) is 0 Å². The quantitative estimate of drug-likeness (QED) is 0.759. The number of hydrogen-bond donors (Lipinski definition) is 2. The lowest BCUT2D eigenvalue weighted by molar-refractivity contribution is -0.141. The van der Waals surface area contributed by atoms with Gasteiger partial charge in [0.05, 0.1) is 6.42 Å². The average Bonchev–Trinajstić information content (AvgIpc) is 2.50. The summed E-state index contributed by atoms with van der Waals surface area (Å²) in [7, 11) is 0. The van der Waals surface area contributed by atoms with E-state index in [-0.39, 0.29) is 12.8 Å². The Bertz CT molecular complexity index is 769. The fourth-order valence-corrected chi connectivity index (χ4v) is 2.80. The Kier molecular flexibility index (Phi) is 6.34. The number of aliphatic carboxylic acids is 1. The molecule has 0 bridgehead atoms. The van der Waals surface area contributed by atoms with Gasteiger partial charge in [0.15, 0.2) is 0 Å². The molecule has 0 aliphatic rings. The van der Waals surface area contributed by atoms with Crippen molar-refractivity contribution in [2.45, 2.75) is 18.9 Å². The smallest absolute Gasteiger partial charge is 0.326 e. The Labute approximate surface area is 151 Å². The SMILES string of the molecule is O=C(Cc1cccc(F)c1)N[C@@H](Cc1cc(Cl)ccc1Br)C(=O)O. The van der Waals surface area contributed by atoms with Gasteiger partial charge in [0.1, 0.15) is 11.9 Å². The highest BCUT2D eigenvalue weighted by atomic mass is 79.9. The Morgan fingerprint density at radius 2 is 2.00 bits per heavy atom. The predicted octanol–water partition coefficient (Wildman–Crippen LogP) is 3.60. The van der Waals surface area contributed by atoms with Crippen molar-refractivity contribution in [3.8, 4) is 0 Å². The van der Waals surface area contributed by atoms with E-state index in [4.69, 9.17) is 11.6 Å². The zero-order valence-corrected chi connectivity index (χ0v) is 14.8. The highest BCUT2D eigenvalue weighted by Gasteiger charge is 2.21. The summed E-state index contributed by atoms with van der Waals surface area (Å²) >= 11 is 9.25. The first kappa shape index (κ1) is 18.4. The minimum atomic E-state index is -1.16. The fraction of sp³-hybridized carbons (Fsp3) is 0.176. The molecule has 2 aromatic carbocycles. The maximum Gasteiger partial charge on any atom is 0.326 e. The summed E-state index contributed by atoms with van der Waals surface area (Å²) in [5, 5.41) is 12.3. The number of rotatable bonds is 6. The number of halogens is 3. The number of benzene rings is 2. The lowest BCUT2D eigenvalue weighted by Crippen LogP contribution is -2.43. The van der Waals surface area contributed by atoms with Crippen LogP contribution in [0.15, 0.2) is 46.9 Å². The molecule has 1 amide bonds. The van der Waals surface area contributed by atoms with Crippen molar-refractivity contribution in [2.75, 3.05) is 0 Å². The van der Waals surface area contributed by atoms with Crippen LogP contribution in [0.4, 0.5) is 4.39 Å². The van der Waals surface area contributed by atoms with Crippen LogP contribution in [0.3, 0.4) is 0 Å². The van der Waals surface area contributed by atoms with Crippen LogP contribution in [0.1, 0.15) is 11.1 Å². The molecule has 0 saturated carbocycles. The molecule has 126 valence electrons. The molecule has 0 aliphatic carbocycles. The van der Waals surface area contributed by atoms with Crippen LogP contribution in [-0.4, -0.2) is 23.0 Å². The molecule has 2 rings (SSSR count). The molecule has 0 heterocycles. The van der Waals surface area contributed by atoms with Gasteiger partial charge in [-0.15, -0.1) is 0 Å². The van der Waals surface area contributed by atoms with Crippen molar-refractivity contribution in [1.82, 2.24) is 5.32 Å². The van der Waals surface area contributed by atoms with Crippen molar-refractivity contribution in [2.24, 2.45) is 0 Å². The molecule has 2 N–H and O–H groups in total. The van der Waals surface area contributed by atoms with Crippen LogP contribution in [0, 0.1) is 5.82 Å². The first-order valence-electron chi connectivity index (χ1n) is 7.05. The summed E-state index contributed by atoms with van der Waals surface area (Å²) in [5.41, 5.74) is 1.14. The zero-order valence-electron chi connectivity index (χ0n) is 12.4. The van der Waals surface area contributed by atoms with Gasteiger partial charge < -0.3 is 10.4 Å². The number of carbonyl (C=O) groups excluding carboxylic acids is 1. The van der Waals surface area contributed by atoms with Crippen molar-refractivity contribution in [3.63, 3.8) is 0 Å². The van der Waals surface area contributed by atoms with Gasteiger partial charge in [-0.3, -0.25) is 4.79 Å². The van der Waals surface area contributed by atoms with E-state index >= 15 is 0 Å². The third kappa shape index (κ3) is 5.32. The van der Waals surface area contributed by atoms with Gasteiger partial charge in [-0.05, 0) is 41.5 Å². The van der Waals surface area contributed by atoms with Gasteiger partial charge >= 0.3 is 5.97 Å². The standard InChI is InChI=1S/C17H14BrClFNO3/c18-14-5-4-12(19)8-11(14)9-15(17(23)24)21-16(22)7-10-2-1-3-13(20)6-10/h1-6,8,15H,7,9H2,(H,21,22)(H,23,24)/t15-/m0/s1. The second-order valence-electron chi connectivity index (χ2n) is 5.20. The number of nitrogens with one attached hydrogen (secondary N) is 1. The molecular formula is C17H14BrClFNO3. The maximum atomic E-state index is 13.1. The van der Waals surface area contributed by atoms with Gasteiger partial charge in [0, 0.05) is 15.9 Å². The second kappa shape index (κ2) is 8.26. The van der Waals surface area contributed by atoms with Gasteiger partial charge in [-0.25, -0.2) is 9.18 Å². The summed E-state index contributed by atoms with van der Waals surface area (Å²) in [5.74, 6) is -2.10. The molecule has 0 unspecified atom stereocenters. The van der Waals surface area contributed by atoms with Crippen LogP contribution >= 0.6 is 27.5 Å². The molecule has 4 nitrogen and oxygen atoms in total. The minimum absolute atomic E-state index is 0.0748. The Morgan fingerprint density at radius 3 is 2.67 bits per heavy atom. The molecule has 24 heavy (non-hydrogen) atoms. The molecule has 0 aliphatic heterocycles. The van der Waals surface area contributed by atoms with E-state index in [1.54, 1.807) is 24.3 Å². The van der Waals surface area contributed by atoms with E-state index in [9.17, 15) is 19.1 Å². The number of carbonyl (C=O) groups is 2. The van der Waals surface area contributed by atoms with Gasteiger partial charge in [0.2, 0.25) is 5.91 Å². The van der Waals surface area contributed by atoms with Gasteiger partial charge in [-0.1, -0.05) is 39.7 Å². The summed E-state index contributed by atoms with van der Waals surface area (Å²) in [6, 6.07) is 9.53. The summed E-state index contributed by atoms with van der Waals surface area (Å²) in [6.45, 7) is 0. The van der Waals surface area contributed by atoms with Crippen molar-refractivity contribution >= 4 is 39.4 Å². The normalized spacial score (nSPS) is 11.8. The average molecular weight is 415 g/mol. The molecule has 0 aromatic heterocycles. The largest absolute Gasteiger partial charge is 0.480 e. The van der Waals surface area contributed by atoms with Crippen LogP contribution in [0.25, 0.3) is 0 Å². The van der Waals surface area contributed by atoms with Crippen LogP contribution in [-0.2, 0) is 22.4 Å². The molecule has 1 atom stereocenters. The van der Waals surface area contributed by atoms with E-state index < -0.39 is 23.7 Å². The second-order valence-corrected chi connectivity index (χ2v) is 6.50. The van der Waals surface area contributed by atoms with E-state index in [0.29, 0.717) is 20.6 Å². The molecule has 0 saturated heterocycles. The van der Waals surface area contributed by atoms with Crippen molar-refractivity contribution < 1.29 is 19.1 Å². The summed E-state index contributed by atoms with van der Waals surface area (Å²) in [4.78, 5) is 23.5. The predicted molar refractivity (Wildman–Crippen MR) is 92.5 cm³/mol. The molecule has 7 heteroatoms. The number of carboxylic acids is 1. The minimum Gasteiger partial charge on any atom is -0.480 e. The Hall–Kier alpha value is -1.92. The number of carboxylic acid groups (broad SMARTS) is 1. The molecule has 2 aromatic rings. The van der Waals surface area contributed by atoms with E-state index in [2.05, 4.69) is 21.2 Å². The van der Waals surface area contributed by atoms with Crippen molar-refractivity contribution in [3.05, 3.63) is 68.9 Å². The van der Waals surface area contributed by atoms with Crippen LogP contribution < -0.4 is 5.32 Å². The number of hydrogen-bond acceptors (Lipinski definition) is 2. The lowest BCUT2D eigenvalue weighted by Gasteiger charge is -2.16. The first-order chi connectivity index (χ1) is 11.3. The van der Waals surface area contributed by atoms with Crippen LogP contribution in [0.2, 0.25) is 5.02 Å². The zero-order chi connectivity index (χ0) is 17.7. The Balaban J connectivity index is 2.06. The number of amides is 1. The third-order valence-corrected chi connectivity index (χ3v) is 4.33. The lowest BCUT2D eigenvalue weighted by atomic mass is 10.1. The third-order valence-electron chi connectivity index (χ3n) is 3.32. The maximum absolute atomic E-state index is 13.1.